The van der Waals surface area contributed by atoms with Crippen molar-refractivity contribution in [1.29, 1.82) is 0 Å². The van der Waals surface area contributed by atoms with Gasteiger partial charge in [-0.05, 0) is 44.5 Å². The lowest BCUT2D eigenvalue weighted by Gasteiger charge is -2.11. The molecule has 0 aliphatic rings. The summed E-state index contributed by atoms with van der Waals surface area (Å²) in [5.41, 5.74) is 4.45. The number of carbonyl (C=O) groups excluding carboxylic acids is 1. The van der Waals surface area contributed by atoms with E-state index in [1.165, 1.54) is 0 Å². The Balaban J connectivity index is 1.84. The number of carbonyl (C=O) groups is 1. The van der Waals surface area contributed by atoms with Crippen molar-refractivity contribution in [3.63, 3.8) is 0 Å². The van der Waals surface area contributed by atoms with Crippen LogP contribution in [0.15, 0.2) is 42.6 Å². The van der Waals surface area contributed by atoms with Crippen LogP contribution in [0.25, 0.3) is 5.65 Å². The van der Waals surface area contributed by atoms with Crippen molar-refractivity contribution in [2.75, 3.05) is 11.9 Å². The number of para-hydroxylation sites is 2. The Morgan fingerprint density at radius 1 is 1.21 bits per heavy atom. The van der Waals surface area contributed by atoms with Crippen molar-refractivity contribution in [1.82, 2.24) is 9.38 Å². The first kappa shape index (κ1) is 16.1. The van der Waals surface area contributed by atoms with E-state index in [-0.39, 0.29) is 12.3 Å². The SMILES string of the molecule is CCOc1ccccc1NC(=O)Cc1c(C)nc2c(C)cccn12. The van der Waals surface area contributed by atoms with Gasteiger partial charge < -0.3 is 14.5 Å². The molecule has 1 amide bonds. The van der Waals surface area contributed by atoms with Gasteiger partial charge in [0.25, 0.3) is 0 Å². The number of rotatable bonds is 5. The predicted octanol–water partition coefficient (Wildman–Crippen LogP) is 3.53. The van der Waals surface area contributed by atoms with E-state index in [2.05, 4.69) is 10.3 Å². The van der Waals surface area contributed by atoms with Crippen LogP contribution in [0.5, 0.6) is 5.75 Å². The summed E-state index contributed by atoms with van der Waals surface area (Å²) in [6.07, 6.45) is 2.20. The molecule has 0 saturated heterocycles. The number of amides is 1. The largest absolute Gasteiger partial charge is 0.492 e. The van der Waals surface area contributed by atoms with Crippen LogP contribution in [-0.2, 0) is 11.2 Å². The fourth-order valence-corrected chi connectivity index (χ4v) is 2.78. The van der Waals surface area contributed by atoms with E-state index in [9.17, 15) is 4.79 Å². The van der Waals surface area contributed by atoms with Gasteiger partial charge in [-0.3, -0.25) is 4.79 Å². The first-order valence-corrected chi connectivity index (χ1v) is 8.05. The van der Waals surface area contributed by atoms with Crippen LogP contribution in [0, 0.1) is 13.8 Å². The van der Waals surface area contributed by atoms with Crippen LogP contribution in [0.2, 0.25) is 0 Å². The first-order chi connectivity index (χ1) is 11.6. The number of hydrogen-bond acceptors (Lipinski definition) is 3. The zero-order valence-electron chi connectivity index (χ0n) is 14.2. The van der Waals surface area contributed by atoms with Crippen LogP contribution < -0.4 is 10.1 Å². The molecule has 3 aromatic rings. The fourth-order valence-electron chi connectivity index (χ4n) is 2.78. The monoisotopic (exact) mass is 323 g/mol. The molecule has 0 aliphatic carbocycles. The van der Waals surface area contributed by atoms with Crippen LogP contribution in [0.4, 0.5) is 5.69 Å². The van der Waals surface area contributed by atoms with Crippen LogP contribution in [-0.4, -0.2) is 21.9 Å². The van der Waals surface area contributed by atoms with Gasteiger partial charge in [0, 0.05) is 6.20 Å². The zero-order chi connectivity index (χ0) is 17.1. The van der Waals surface area contributed by atoms with Gasteiger partial charge in [0.05, 0.1) is 30.1 Å². The second-order valence-corrected chi connectivity index (χ2v) is 5.68. The second-order valence-electron chi connectivity index (χ2n) is 5.68. The van der Waals surface area contributed by atoms with Gasteiger partial charge in [0.15, 0.2) is 0 Å². The van der Waals surface area contributed by atoms with Gasteiger partial charge in [0.1, 0.15) is 11.4 Å². The van der Waals surface area contributed by atoms with Gasteiger partial charge in [-0.1, -0.05) is 18.2 Å². The minimum Gasteiger partial charge on any atom is -0.492 e. The molecule has 1 N–H and O–H groups in total. The Bertz CT molecular complexity index is 883. The number of anilines is 1. The molecule has 24 heavy (non-hydrogen) atoms. The molecule has 5 nitrogen and oxygen atoms in total. The molecule has 5 heteroatoms. The van der Waals surface area contributed by atoms with Crippen molar-refractivity contribution in [3.05, 3.63) is 59.5 Å². The van der Waals surface area contributed by atoms with E-state index in [0.717, 1.165) is 22.6 Å². The molecule has 0 unspecified atom stereocenters. The Morgan fingerprint density at radius 2 is 2.00 bits per heavy atom. The lowest BCUT2D eigenvalue weighted by atomic mass is 10.2. The minimum atomic E-state index is -0.0893. The molecule has 0 saturated carbocycles. The first-order valence-electron chi connectivity index (χ1n) is 8.05. The van der Waals surface area contributed by atoms with Crippen LogP contribution in [0.1, 0.15) is 23.9 Å². The summed E-state index contributed by atoms with van der Waals surface area (Å²) >= 11 is 0. The van der Waals surface area contributed by atoms with E-state index in [1.807, 2.05) is 67.8 Å². The number of nitrogens with zero attached hydrogens (tertiary/aromatic N) is 2. The third kappa shape index (κ3) is 3.11. The highest BCUT2D eigenvalue weighted by atomic mass is 16.5. The summed E-state index contributed by atoms with van der Waals surface area (Å²) in [5.74, 6) is 0.590. The number of ether oxygens (including phenoxy) is 1. The number of benzene rings is 1. The molecule has 0 aliphatic heterocycles. The number of nitrogens with one attached hydrogen (secondary N) is 1. The molecule has 0 radical (unpaired) electrons. The third-order valence-electron chi connectivity index (χ3n) is 3.93. The quantitative estimate of drug-likeness (QED) is 0.781. The second kappa shape index (κ2) is 6.74. The zero-order valence-corrected chi connectivity index (χ0v) is 14.2. The average Bonchev–Trinajstić information content (AvgIpc) is 2.87. The van der Waals surface area contributed by atoms with Gasteiger partial charge in [-0.25, -0.2) is 4.98 Å². The highest BCUT2D eigenvalue weighted by Gasteiger charge is 2.15. The van der Waals surface area contributed by atoms with Crippen molar-refractivity contribution in [3.8, 4) is 5.75 Å². The van der Waals surface area contributed by atoms with Crippen molar-refractivity contribution < 1.29 is 9.53 Å². The van der Waals surface area contributed by atoms with E-state index < -0.39 is 0 Å². The third-order valence-corrected chi connectivity index (χ3v) is 3.93. The summed E-state index contributed by atoms with van der Waals surface area (Å²) < 4.78 is 7.54. The van der Waals surface area contributed by atoms with E-state index in [0.29, 0.717) is 18.0 Å². The maximum atomic E-state index is 12.5. The molecule has 0 atom stereocenters. The van der Waals surface area contributed by atoms with Gasteiger partial charge in [-0.2, -0.15) is 0 Å². The Kier molecular flexibility index (Phi) is 4.51. The molecule has 1 aromatic carbocycles. The smallest absolute Gasteiger partial charge is 0.230 e. The van der Waals surface area contributed by atoms with E-state index >= 15 is 0 Å². The van der Waals surface area contributed by atoms with Gasteiger partial charge in [0.2, 0.25) is 5.91 Å². The predicted molar refractivity (Wildman–Crippen MR) is 94.6 cm³/mol. The maximum absolute atomic E-state index is 12.5. The minimum absolute atomic E-state index is 0.0893. The average molecular weight is 323 g/mol. The molecule has 124 valence electrons. The number of hydrogen-bond donors (Lipinski definition) is 1. The fraction of sp³-hybridized carbons (Fsp3) is 0.263. The highest BCUT2D eigenvalue weighted by molar-refractivity contribution is 5.93. The summed E-state index contributed by atoms with van der Waals surface area (Å²) in [6.45, 7) is 6.42. The summed E-state index contributed by atoms with van der Waals surface area (Å²) in [4.78, 5) is 17.1. The van der Waals surface area contributed by atoms with Gasteiger partial charge in [-0.15, -0.1) is 0 Å². The summed E-state index contributed by atoms with van der Waals surface area (Å²) in [7, 11) is 0. The molecule has 3 rings (SSSR count). The Hall–Kier alpha value is -2.82. The lowest BCUT2D eigenvalue weighted by molar-refractivity contribution is -0.115. The molecule has 2 aromatic heterocycles. The Morgan fingerprint density at radius 3 is 2.79 bits per heavy atom. The molecule has 0 spiro atoms. The van der Waals surface area contributed by atoms with E-state index in [1.54, 1.807) is 0 Å². The van der Waals surface area contributed by atoms with Crippen molar-refractivity contribution in [2.24, 2.45) is 0 Å². The summed E-state index contributed by atoms with van der Waals surface area (Å²) in [5, 5.41) is 2.94. The topological polar surface area (TPSA) is 55.6 Å². The van der Waals surface area contributed by atoms with Gasteiger partial charge >= 0.3 is 0 Å². The number of aryl methyl sites for hydroxylation is 2. The maximum Gasteiger partial charge on any atom is 0.230 e. The Labute approximate surface area is 141 Å². The summed E-state index contributed by atoms with van der Waals surface area (Å²) in [6, 6.07) is 11.4. The number of aromatic nitrogens is 2. The molecule has 0 fully saturated rings. The van der Waals surface area contributed by atoms with Crippen molar-refractivity contribution in [2.45, 2.75) is 27.2 Å². The highest BCUT2D eigenvalue weighted by Crippen LogP contribution is 2.24. The molecular weight excluding hydrogens is 302 g/mol. The molecule has 2 heterocycles. The molecular formula is C19H21N3O2. The lowest BCUT2D eigenvalue weighted by Crippen LogP contribution is -2.16. The number of fused-ring (bicyclic) bond motifs is 1. The standard InChI is InChI=1S/C19H21N3O2/c1-4-24-17-10-6-5-9-15(17)21-18(23)12-16-14(3)20-19-13(2)8-7-11-22(16)19/h5-11H,4,12H2,1-3H3,(H,21,23). The molecule has 0 bridgehead atoms. The number of pyridine rings is 1. The normalized spacial score (nSPS) is 10.8. The van der Waals surface area contributed by atoms with Crippen LogP contribution in [0.3, 0.4) is 0 Å². The number of imidazole rings is 1. The van der Waals surface area contributed by atoms with Crippen molar-refractivity contribution >= 4 is 17.2 Å². The van der Waals surface area contributed by atoms with E-state index in [4.69, 9.17) is 4.74 Å². The van der Waals surface area contributed by atoms with Crippen LogP contribution >= 0.6 is 0 Å².